The first-order valence-corrected chi connectivity index (χ1v) is 6.70. The second-order valence-electron chi connectivity index (χ2n) is 4.93. The van der Waals surface area contributed by atoms with Crippen molar-refractivity contribution in [3.8, 4) is 5.88 Å². The predicted molar refractivity (Wildman–Crippen MR) is 75.2 cm³/mol. The van der Waals surface area contributed by atoms with Gasteiger partial charge in [-0.05, 0) is 19.3 Å². The Morgan fingerprint density at radius 2 is 2.26 bits per heavy atom. The molecule has 6 nitrogen and oxygen atoms in total. The van der Waals surface area contributed by atoms with Crippen LogP contribution in [0.5, 0.6) is 5.88 Å². The van der Waals surface area contributed by atoms with Crippen molar-refractivity contribution in [2.24, 2.45) is 17.8 Å². The van der Waals surface area contributed by atoms with Crippen molar-refractivity contribution in [1.29, 1.82) is 0 Å². The fraction of sp³-hybridized carbons (Fsp3) is 0.692. The van der Waals surface area contributed by atoms with Crippen LogP contribution in [0.25, 0.3) is 0 Å². The Morgan fingerprint density at radius 1 is 1.58 bits per heavy atom. The number of nitrogens with two attached hydrogens (primary N) is 1. The number of aryl methyl sites for hydroxylation is 2. The van der Waals surface area contributed by atoms with Crippen LogP contribution in [0, 0.1) is 0 Å². The topological polar surface area (TPSA) is 68.7 Å². The largest absolute Gasteiger partial charge is 0.481 e. The minimum absolute atomic E-state index is 0.517. The van der Waals surface area contributed by atoms with Gasteiger partial charge in [0.1, 0.15) is 0 Å². The third-order valence-corrected chi connectivity index (χ3v) is 3.55. The first-order valence-electron chi connectivity index (χ1n) is 6.70. The van der Waals surface area contributed by atoms with Gasteiger partial charge in [-0.3, -0.25) is 0 Å². The lowest BCUT2D eigenvalue weighted by atomic mass is 10.2. The van der Waals surface area contributed by atoms with Crippen molar-refractivity contribution in [2.45, 2.75) is 38.8 Å². The summed E-state index contributed by atoms with van der Waals surface area (Å²) in [6.45, 7) is 2.59. The van der Waals surface area contributed by atoms with E-state index in [1.807, 2.05) is 14.1 Å². The Morgan fingerprint density at radius 3 is 2.79 bits per heavy atom. The van der Waals surface area contributed by atoms with E-state index in [1.54, 1.807) is 11.8 Å². The maximum absolute atomic E-state index is 6.00. The average Bonchev–Trinajstić information content (AvgIpc) is 3.19. The van der Waals surface area contributed by atoms with Crippen LogP contribution >= 0.6 is 0 Å². The first kappa shape index (κ1) is 13.7. The SMILES string of the molecule is CCc1nn(C)c(OC)c1CN=C(N)N(C)C1CC1. The van der Waals surface area contributed by atoms with Crippen molar-refractivity contribution >= 4 is 5.96 Å². The molecule has 19 heavy (non-hydrogen) atoms. The van der Waals surface area contributed by atoms with Crippen molar-refractivity contribution in [2.75, 3.05) is 14.2 Å². The Hall–Kier alpha value is -1.72. The Bertz CT molecular complexity index is 476. The molecule has 106 valence electrons. The molecule has 1 aliphatic carbocycles. The molecule has 0 radical (unpaired) electrons. The van der Waals surface area contributed by atoms with E-state index in [2.05, 4.69) is 21.9 Å². The van der Waals surface area contributed by atoms with Gasteiger partial charge in [0.15, 0.2) is 5.96 Å². The monoisotopic (exact) mass is 265 g/mol. The van der Waals surface area contributed by atoms with Gasteiger partial charge in [0.2, 0.25) is 5.88 Å². The van der Waals surface area contributed by atoms with Gasteiger partial charge in [-0.2, -0.15) is 5.10 Å². The van der Waals surface area contributed by atoms with Crippen LogP contribution in [-0.4, -0.2) is 40.8 Å². The number of hydrogen-bond acceptors (Lipinski definition) is 3. The van der Waals surface area contributed by atoms with E-state index in [0.29, 0.717) is 18.5 Å². The molecule has 0 saturated heterocycles. The summed E-state index contributed by atoms with van der Waals surface area (Å²) in [5.41, 5.74) is 8.05. The summed E-state index contributed by atoms with van der Waals surface area (Å²) in [6, 6.07) is 0.574. The molecule has 1 fully saturated rings. The van der Waals surface area contributed by atoms with Gasteiger partial charge in [-0.25, -0.2) is 9.67 Å². The molecule has 2 rings (SSSR count). The van der Waals surface area contributed by atoms with Crippen LogP contribution < -0.4 is 10.5 Å². The summed E-state index contributed by atoms with van der Waals surface area (Å²) in [5, 5.41) is 4.44. The molecule has 1 aliphatic rings. The number of guanidine groups is 1. The highest BCUT2D eigenvalue weighted by atomic mass is 16.5. The van der Waals surface area contributed by atoms with E-state index in [9.17, 15) is 0 Å². The zero-order chi connectivity index (χ0) is 14.0. The van der Waals surface area contributed by atoms with Crippen LogP contribution in [0.2, 0.25) is 0 Å². The lowest BCUT2D eigenvalue weighted by molar-refractivity contribution is 0.369. The third kappa shape index (κ3) is 2.83. The number of aromatic nitrogens is 2. The molecule has 1 aromatic heterocycles. The zero-order valence-corrected chi connectivity index (χ0v) is 12.2. The summed E-state index contributed by atoms with van der Waals surface area (Å²) in [7, 11) is 5.53. The lowest BCUT2D eigenvalue weighted by Crippen LogP contribution is -2.35. The molecule has 0 aliphatic heterocycles. The van der Waals surface area contributed by atoms with Crippen molar-refractivity contribution in [3.05, 3.63) is 11.3 Å². The number of nitrogens with zero attached hydrogens (tertiary/aromatic N) is 4. The van der Waals surface area contributed by atoms with Gasteiger partial charge in [-0.15, -0.1) is 0 Å². The minimum Gasteiger partial charge on any atom is -0.481 e. The van der Waals surface area contributed by atoms with Crippen molar-refractivity contribution in [1.82, 2.24) is 14.7 Å². The molecule has 2 N–H and O–H groups in total. The molecular weight excluding hydrogens is 242 g/mol. The molecule has 0 spiro atoms. The predicted octanol–water partition coefficient (Wildman–Crippen LogP) is 0.900. The molecule has 6 heteroatoms. The fourth-order valence-corrected chi connectivity index (χ4v) is 2.22. The van der Waals surface area contributed by atoms with Gasteiger partial charge < -0.3 is 15.4 Å². The highest BCUT2D eigenvalue weighted by molar-refractivity contribution is 5.78. The highest BCUT2D eigenvalue weighted by Gasteiger charge is 2.27. The molecular formula is C13H23N5O. The van der Waals surface area contributed by atoms with Crippen molar-refractivity contribution in [3.63, 3.8) is 0 Å². The third-order valence-electron chi connectivity index (χ3n) is 3.55. The minimum atomic E-state index is 0.517. The van der Waals surface area contributed by atoms with Gasteiger partial charge >= 0.3 is 0 Å². The fourth-order valence-electron chi connectivity index (χ4n) is 2.22. The normalized spacial score (nSPS) is 15.7. The second-order valence-corrected chi connectivity index (χ2v) is 4.93. The smallest absolute Gasteiger partial charge is 0.216 e. The molecule has 1 heterocycles. The van der Waals surface area contributed by atoms with Crippen LogP contribution in [-0.2, 0) is 20.0 Å². The summed E-state index contributed by atoms with van der Waals surface area (Å²) in [5.74, 6) is 1.36. The molecule has 0 bridgehead atoms. The van der Waals surface area contributed by atoms with E-state index in [1.165, 1.54) is 12.8 Å². The summed E-state index contributed by atoms with van der Waals surface area (Å²) >= 11 is 0. The number of methoxy groups -OCH3 is 1. The number of aliphatic imine (C=N–C) groups is 1. The number of ether oxygens (including phenoxy) is 1. The first-order chi connectivity index (χ1) is 9.08. The molecule has 0 atom stereocenters. The molecule has 0 amide bonds. The van der Waals surface area contributed by atoms with Gasteiger partial charge in [-0.1, -0.05) is 6.92 Å². The maximum atomic E-state index is 6.00. The van der Waals surface area contributed by atoms with Crippen LogP contribution in [0.15, 0.2) is 4.99 Å². The molecule has 1 saturated carbocycles. The Labute approximate surface area is 114 Å². The van der Waals surface area contributed by atoms with E-state index in [-0.39, 0.29) is 0 Å². The lowest BCUT2D eigenvalue weighted by Gasteiger charge is -2.16. The van der Waals surface area contributed by atoms with Gasteiger partial charge in [0.25, 0.3) is 0 Å². The Balaban J connectivity index is 2.15. The van der Waals surface area contributed by atoms with E-state index in [0.717, 1.165) is 23.6 Å². The van der Waals surface area contributed by atoms with Crippen LogP contribution in [0.4, 0.5) is 0 Å². The van der Waals surface area contributed by atoms with Gasteiger partial charge in [0, 0.05) is 20.1 Å². The van der Waals surface area contributed by atoms with Crippen LogP contribution in [0.3, 0.4) is 0 Å². The zero-order valence-electron chi connectivity index (χ0n) is 12.2. The molecule has 0 aromatic carbocycles. The number of rotatable bonds is 5. The Kier molecular flexibility index (Phi) is 3.97. The number of hydrogen-bond donors (Lipinski definition) is 1. The molecule has 1 aromatic rings. The van der Waals surface area contributed by atoms with E-state index >= 15 is 0 Å². The quantitative estimate of drug-likeness (QED) is 0.634. The van der Waals surface area contributed by atoms with E-state index in [4.69, 9.17) is 10.5 Å². The second kappa shape index (κ2) is 5.50. The summed E-state index contributed by atoms with van der Waals surface area (Å²) in [6.07, 6.45) is 3.28. The van der Waals surface area contributed by atoms with E-state index < -0.39 is 0 Å². The maximum Gasteiger partial charge on any atom is 0.216 e. The van der Waals surface area contributed by atoms with Crippen LogP contribution in [0.1, 0.15) is 31.0 Å². The molecule has 0 unspecified atom stereocenters. The van der Waals surface area contributed by atoms with Gasteiger partial charge in [0.05, 0.1) is 24.9 Å². The van der Waals surface area contributed by atoms with Crippen molar-refractivity contribution < 1.29 is 4.74 Å². The highest BCUT2D eigenvalue weighted by Crippen LogP contribution is 2.26. The average molecular weight is 265 g/mol. The summed E-state index contributed by atoms with van der Waals surface area (Å²) in [4.78, 5) is 6.52. The standard InChI is InChI=1S/C13H23N5O/c1-5-11-10(12(19-4)18(3)16-11)8-15-13(14)17(2)9-6-7-9/h9H,5-8H2,1-4H3,(H2,14,15). The summed E-state index contributed by atoms with van der Waals surface area (Å²) < 4.78 is 7.14.